The topological polar surface area (TPSA) is 94.4 Å². The van der Waals surface area contributed by atoms with Gasteiger partial charge in [-0.15, -0.1) is 0 Å². The zero-order chi connectivity index (χ0) is 16.7. The van der Waals surface area contributed by atoms with Gasteiger partial charge in [0.2, 0.25) is 0 Å². The molecule has 0 saturated carbocycles. The first-order chi connectivity index (χ1) is 11.1. The summed E-state index contributed by atoms with van der Waals surface area (Å²) in [6.45, 7) is 0. The second-order valence-electron chi connectivity index (χ2n) is 4.51. The normalized spacial score (nSPS) is 10.5. The van der Waals surface area contributed by atoms with Gasteiger partial charge in [0.1, 0.15) is 23.1 Å². The highest BCUT2D eigenvalue weighted by atomic mass is 16.5. The number of amides is 1. The third-order valence-electron chi connectivity index (χ3n) is 2.99. The Kier molecular flexibility index (Phi) is 5.21. The number of benzene rings is 2. The number of nitriles is 1. The molecule has 23 heavy (non-hydrogen) atoms. The average molecular weight is 309 g/mol. The average Bonchev–Trinajstić information content (AvgIpc) is 2.57. The molecule has 0 fully saturated rings. The third-order valence-corrected chi connectivity index (χ3v) is 2.99. The van der Waals surface area contributed by atoms with Crippen LogP contribution in [0.2, 0.25) is 0 Å². The smallest absolute Gasteiger partial charge is 0.267 e. The Morgan fingerprint density at radius 3 is 2.52 bits per heavy atom. The minimum absolute atomic E-state index is 0.0246. The summed E-state index contributed by atoms with van der Waals surface area (Å²) >= 11 is 0. The minimum atomic E-state index is -0.555. The van der Waals surface area contributed by atoms with Crippen molar-refractivity contribution in [2.24, 2.45) is 0 Å². The molecule has 2 aromatic carbocycles. The van der Waals surface area contributed by atoms with Crippen LogP contribution in [0.4, 0.5) is 11.4 Å². The number of ether oxygens (including phenoxy) is 1. The first-order valence-electron chi connectivity index (χ1n) is 6.74. The number of phenolic OH excluding ortho intramolecular Hbond substituents is 1. The molecule has 1 amide bonds. The SMILES string of the molecule is COc1ccc(NC(=O)/C(C#N)=C\Nc2ccccc2O)cc1. The molecule has 0 atom stereocenters. The van der Waals surface area contributed by atoms with Gasteiger partial charge in [-0.2, -0.15) is 5.26 Å². The van der Waals surface area contributed by atoms with Crippen molar-refractivity contribution in [3.63, 3.8) is 0 Å². The number of rotatable bonds is 5. The van der Waals surface area contributed by atoms with E-state index in [9.17, 15) is 9.90 Å². The molecule has 0 aliphatic rings. The van der Waals surface area contributed by atoms with Crippen LogP contribution in [0.15, 0.2) is 60.3 Å². The lowest BCUT2D eigenvalue weighted by molar-refractivity contribution is -0.112. The molecule has 0 unspecified atom stereocenters. The monoisotopic (exact) mass is 309 g/mol. The van der Waals surface area contributed by atoms with E-state index in [1.54, 1.807) is 49.6 Å². The van der Waals surface area contributed by atoms with E-state index < -0.39 is 5.91 Å². The lowest BCUT2D eigenvalue weighted by Gasteiger charge is -2.07. The fourth-order valence-corrected chi connectivity index (χ4v) is 1.77. The quantitative estimate of drug-likeness (QED) is 0.448. The summed E-state index contributed by atoms with van der Waals surface area (Å²) in [6.07, 6.45) is 1.24. The molecule has 0 bridgehead atoms. The second kappa shape index (κ2) is 7.52. The zero-order valence-electron chi connectivity index (χ0n) is 12.4. The van der Waals surface area contributed by atoms with Crippen LogP contribution >= 0.6 is 0 Å². The summed E-state index contributed by atoms with van der Waals surface area (Å²) in [5.74, 6) is 0.137. The molecule has 2 rings (SSSR count). The van der Waals surface area contributed by atoms with E-state index in [2.05, 4.69) is 10.6 Å². The summed E-state index contributed by atoms with van der Waals surface area (Å²) < 4.78 is 5.03. The first-order valence-corrected chi connectivity index (χ1v) is 6.74. The maximum atomic E-state index is 12.1. The standard InChI is InChI=1S/C17H15N3O3/c1-23-14-8-6-13(7-9-14)20-17(22)12(10-18)11-19-15-4-2-3-5-16(15)21/h2-9,11,19,21H,1H3,(H,20,22)/b12-11-. The molecule has 0 heterocycles. The summed E-state index contributed by atoms with van der Waals surface area (Å²) in [4.78, 5) is 12.1. The van der Waals surface area contributed by atoms with Crippen molar-refractivity contribution >= 4 is 17.3 Å². The third kappa shape index (κ3) is 4.25. The molecule has 6 heteroatoms. The van der Waals surface area contributed by atoms with Gasteiger partial charge in [0, 0.05) is 11.9 Å². The number of para-hydroxylation sites is 2. The Balaban J connectivity index is 2.07. The fraction of sp³-hybridized carbons (Fsp3) is 0.0588. The van der Waals surface area contributed by atoms with Crippen molar-refractivity contribution < 1.29 is 14.6 Å². The number of nitrogens with one attached hydrogen (secondary N) is 2. The summed E-state index contributed by atoms with van der Waals surface area (Å²) in [5, 5.41) is 24.1. The highest BCUT2D eigenvalue weighted by Crippen LogP contribution is 2.21. The van der Waals surface area contributed by atoms with Crippen molar-refractivity contribution in [3.05, 3.63) is 60.3 Å². The number of aromatic hydroxyl groups is 1. The largest absolute Gasteiger partial charge is 0.506 e. The van der Waals surface area contributed by atoms with Crippen molar-refractivity contribution in [1.29, 1.82) is 5.26 Å². The fourth-order valence-electron chi connectivity index (χ4n) is 1.77. The van der Waals surface area contributed by atoms with Crippen LogP contribution in [-0.2, 0) is 4.79 Å². The van der Waals surface area contributed by atoms with Crippen LogP contribution < -0.4 is 15.4 Å². The van der Waals surface area contributed by atoms with Crippen LogP contribution in [0.1, 0.15) is 0 Å². The number of hydrogen-bond donors (Lipinski definition) is 3. The number of nitrogens with zero attached hydrogens (tertiary/aromatic N) is 1. The lowest BCUT2D eigenvalue weighted by Crippen LogP contribution is -2.14. The molecule has 0 aromatic heterocycles. The molecular formula is C17H15N3O3. The molecular weight excluding hydrogens is 294 g/mol. The number of anilines is 2. The van der Waals surface area contributed by atoms with Crippen LogP contribution in [0.5, 0.6) is 11.5 Å². The summed E-state index contributed by atoms with van der Waals surface area (Å²) in [7, 11) is 1.55. The predicted molar refractivity (Wildman–Crippen MR) is 87.0 cm³/mol. The van der Waals surface area contributed by atoms with E-state index in [4.69, 9.17) is 10.00 Å². The van der Waals surface area contributed by atoms with Crippen molar-refractivity contribution in [2.45, 2.75) is 0 Å². The molecule has 0 aliphatic carbocycles. The van der Waals surface area contributed by atoms with E-state index in [1.807, 2.05) is 6.07 Å². The van der Waals surface area contributed by atoms with E-state index in [0.29, 0.717) is 17.1 Å². The van der Waals surface area contributed by atoms with Crippen LogP contribution in [-0.4, -0.2) is 18.1 Å². The maximum absolute atomic E-state index is 12.1. The van der Waals surface area contributed by atoms with Crippen molar-refractivity contribution in [2.75, 3.05) is 17.7 Å². The van der Waals surface area contributed by atoms with Gasteiger partial charge in [-0.05, 0) is 36.4 Å². The molecule has 0 radical (unpaired) electrons. The Labute approximate surface area is 133 Å². The Hall–Kier alpha value is -3.46. The van der Waals surface area contributed by atoms with Crippen LogP contribution in [0.3, 0.4) is 0 Å². The van der Waals surface area contributed by atoms with E-state index >= 15 is 0 Å². The van der Waals surface area contributed by atoms with E-state index in [1.165, 1.54) is 12.3 Å². The van der Waals surface area contributed by atoms with Crippen LogP contribution in [0.25, 0.3) is 0 Å². The number of phenols is 1. The molecule has 6 nitrogen and oxygen atoms in total. The second-order valence-corrected chi connectivity index (χ2v) is 4.51. The van der Waals surface area contributed by atoms with Gasteiger partial charge in [0.15, 0.2) is 0 Å². The van der Waals surface area contributed by atoms with Crippen LogP contribution in [0, 0.1) is 11.3 Å². The molecule has 3 N–H and O–H groups in total. The molecule has 0 spiro atoms. The van der Waals surface area contributed by atoms with Gasteiger partial charge < -0.3 is 20.5 Å². The number of hydrogen-bond acceptors (Lipinski definition) is 5. The Morgan fingerprint density at radius 1 is 1.22 bits per heavy atom. The van der Waals surface area contributed by atoms with Gasteiger partial charge in [-0.3, -0.25) is 4.79 Å². The van der Waals surface area contributed by atoms with Gasteiger partial charge >= 0.3 is 0 Å². The molecule has 0 saturated heterocycles. The van der Waals surface area contributed by atoms with E-state index in [-0.39, 0.29) is 11.3 Å². The molecule has 2 aromatic rings. The highest BCUT2D eigenvalue weighted by molar-refractivity contribution is 6.06. The van der Waals surface area contributed by atoms with Gasteiger partial charge in [0.25, 0.3) is 5.91 Å². The highest BCUT2D eigenvalue weighted by Gasteiger charge is 2.09. The minimum Gasteiger partial charge on any atom is -0.506 e. The number of carbonyl (C=O) groups is 1. The number of methoxy groups -OCH3 is 1. The molecule has 0 aliphatic heterocycles. The summed E-state index contributed by atoms with van der Waals surface area (Å²) in [5.41, 5.74) is 0.820. The maximum Gasteiger partial charge on any atom is 0.267 e. The first kappa shape index (κ1) is 15.9. The van der Waals surface area contributed by atoms with Crippen molar-refractivity contribution in [1.82, 2.24) is 0 Å². The Bertz CT molecular complexity index is 761. The van der Waals surface area contributed by atoms with Crippen molar-refractivity contribution in [3.8, 4) is 17.6 Å². The Morgan fingerprint density at radius 2 is 1.91 bits per heavy atom. The summed E-state index contributed by atoms with van der Waals surface area (Å²) in [6, 6.07) is 15.1. The zero-order valence-corrected chi connectivity index (χ0v) is 12.4. The van der Waals surface area contributed by atoms with E-state index in [0.717, 1.165) is 0 Å². The lowest BCUT2D eigenvalue weighted by atomic mass is 10.2. The van der Waals surface area contributed by atoms with Gasteiger partial charge in [0.05, 0.1) is 12.8 Å². The number of carbonyl (C=O) groups excluding carboxylic acids is 1. The van der Waals surface area contributed by atoms with Gasteiger partial charge in [-0.1, -0.05) is 12.1 Å². The molecule has 116 valence electrons. The predicted octanol–water partition coefficient (Wildman–Crippen LogP) is 2.86. The van der Waals surface area contributed by atoms with Gasteiger partial charge in [-0.25, -0.2) is 0 Å².